The Balaban J connectivity index is 1.48. The van der Waals surface area contributed by atoms with Gasteiger partial charge in [-0.3, -0.25) is 4.79 Å². The van der Waals surface area contributed by atoms with E-state index in [-0.39, 0.29) is 11.8 Å². The molecule has 4 aromatic rings. The van der Waals surface area contributed by atoms with Crippen LogP contribution >= 0.6 is 11.3 Å². The first-order valence-electron chi connectivity index (χ1n) is 11.9. The molecule has 1 saturated heterocycles. The Morgan fingerprint density at radius 2 is 1.84 bits per heavy atom. The molecule has 11 heteroatoms. The Labute approximate surface area is 215 Å². The van der Waals surface area contributed by atoms with Crippen molar-refractivity contribution in [2.24, 2.45) is 0 Å². The second kappa shape index (κ2) is 10.4. The molecule has 5 rings (SSSR count). The number of carbonyl (C=O) groups excluding carboxylic acids is 1. The van der Waals surface area contributed by atoms with E-state index >= 15 is 0 Å². The first kappa shape index (κ1) is 25.1. The van der Waals surface area contributed by atoms with Crippen molar-refractivity contribution in [1.82, 2.24) is 19.9 Å². The standard InChI is InChI=1S/C26H24F3N5O2S/c1-16(35)30-25-33-24-20(5-4-6-21(24)37-25)36-23-15-19(17-7-9-18(10-8-17)26(27,28)29)31-22(32-23)11-14-34-12-2-3-13-34/h4-10,15H,2-3,11-14H2,1H3,(H,30,33,35). The maximum absolute atomic E-state index is 13.1. The molecular weight excluding hydrogens is 503 g/mol. The number of likely N-dealkylation sites (tertiary alicyclic amines) is 1. The van der Waals surface area contributed by atoms with Crippen molar-refractivity contribution < 1.29 is 22.7 Å². The highest BCUT2D eigenvalue weighted by molar-refractivity contribution is 7.22. The number of rotatable bonds is 7. The van der Waals surface area contributed by atoms with Gasteiger partial charge in [0.25, 0.3) is 0 Å². The van der Waals surface area contributed by atoms with Crippen molar-refractivity contribution in [3.05, 3.63) is 59.9 Å². The minimum absolute atomic E-state index is 0.221. The summed E-state index contributed by atoms with van der Waals surface area (Å²) >= 11 is 1.33. The summed E-state index contributed by atoms with van der Waals surface area (Å²) in [6.07, 6.45) is -1.50. The van der Waals surface area contributed by atoms with Crippen molar-refractivity contribution in [1.29, 1.82) is 0 Å². The lowest BCUT2D eigenvalue weighted by atomic mass is 10.1. The number of anilines is 1. The van der Waals surface area contributed by atoms with E-state index in [1.165, 1.54) is 43.2 Å². The molecule has 3 heterocycles. The minimum atomic E-state index is -4.42. The lowest BCUT2D eigenvalue weighted by molar-refractivity contribution is -0.137. The normalized spacial score (nSPS) is 14.3. The number of carbonyl (C=O) groups is 1. The zero-order chi connectivity index (χ0) is 26.0. The van der Waals surface area contributed by atoms with Crippen LogP contribution in [0.25, 0.3) is 21.5 Å². The Morgan fingerprint density at radius 1 is 1.08 bits per heavy atom. The molecular formula is C26H24F3N5O2S. The molecule has 0 atom stereocenters. The SMILES string of the molecule is CC(=O)Nc1nc2c(Oc3cc(-c4ccc(C(F)(F)F)cc4)nc(CCN4CCCC4)n3)cccc2s1. The molecule has 1 N–H and O–H groups in total. The number of thiazole rings is 1. The molecule has 1 fully saturated rings. The Hall–Kier alpha value is -3.57. The fourth-order valence-electron chi connectivity index (χ4n) is 4.20. The maximum Gasteiger partial charge on any atom is 0.416 e. The number of amides is 1. The van der Waals surface area contributed by atoms with Gasteiger partial charge in [-0.25, -0.2) is 9.97 Å². The number of nitrogens with one attached hydrogen (secondary N) is 1. The zero-order valence-electron chi connectivity index (χ0n) is 20.0. The van der Waals surface area contributed by atoms with E-state index in [1.54, 1.807) is 12.1 Å². The van der Waals surface area contributed by atoms with Gasteiger partial charge in [-0.05, 0) is 50.2 Å². The third-order valence-electron chi connectivity index (χ3n) is 5.99. The largest absolute Gasteiger partial charge is 0.437 e. The van der Waals surface area contributed by atoms with Crippen LogP contribution in [-0.2, 0) is 17.4 Å². The summed E-state index contributed by atoms with van der Waals surface area (Å²) in [7, 11) is 0. The van der Waals surface area contributed by atoms with Crippen molar-refractivity contribution in [2.75, 3.05) is 25.0 Å². The van der Waals surface area contributed by atoms with Crippen LogP contribution in [0.15, 0.2) is 48.5 Å². The van der Waals surface area contributed by atoms with Gasteiger partial charge in [-0.2, -0.15) is 18.2 Å². The molecule has 2 aromatic heterocycles. The van der Waals surface area contributed by atoms with Gasteiger partial charge in [0.05, 0.1) is 16.0 Å². The van der Waals surface area contributed by atoms with E-state index in [0.717, 1.165) is 36.5 Å². The van der Waals surface area contributed by atoms with Gasteiger partial charge in [-0.15, -0.1) is 0 Å². The fraction of sp³-hybridized carbons (Fsp3) is 0.308. The number of benzene rings is 2. The Kier molecular flexibility index (Phi) is 7.07. The van der Waals surface area contributed by atoms with Crippen LogP contribution in [0.4, 0.5) is 18.3 Å². The highest BCUT2D eigenvalue weighted by Crippen LogP contribution is 2.35. The average Bonchev–Trinajstić information content (AvgIpc) is 3.52. The number of halogens is 3. The molecule has 0 saturated carbocycles. The lowest BCUT2D eigenvalue weighted by Crippen LogP contribution is -2.22. The van der Waals surface area contributed by atoms with Crippen LogP contribution in [0.1, 0.15) is 31.2 Å². The number of alkyl halides is 3. The van der Waals surface area contributed by atoms with Crippen molar-refractivity contribution in [3.8, 4) is 22.9 Å². The van der Waals surface area contributed by atoms with Crippen LogP contribution in [0.2, 0.25) is 0 Å². The van der Waals surface area contributed by atoms with Gasteiger partial charge >= 0.3 is 6.18 Å². The summed E-state index contributed by atoms with van der Waals surface area (Å²) in [5, 5.41) is 3.14. The summed E-state index contributed by atoms with van der Waals surface area (Å²) in [6, 6.07) is 12.0. The van der Waals surface area contributed by atoms with Crippen LogP contribution in [0.3, 0.4) is 0 Å². The van der Waals surface area contributed by atoms with Crippen molar-refractivity contribution >= 4 is 32.6 Å². The maximum atomic E-state index is 13.1. The minimum Gasteiger partial charge on any atom is -0.437 e. The molecule has 0 spiro atoms. The third kappa shape index (κ3) is 6.05. The molecule has 0 radical (unpaired) electrons. The van der Waals surface area contributed by atoms with Crippen LogP contribution in [0.5, 0.6) is 11.6 Å². The topological polar surface area (TPSA) is 80.2 Å². The number of nitrogens with zero attached hydrogens (tertiary/aromatic N) is 4. The summed E-state index contributed by atoms with van der Waals surface area (Å²) < 4.78 is 46.2. The number of para-hydroxylation sites is 1. The van der Waals surface area contributed by atoms with Gasteiger partial charge in [-0.1, -0.05) is 29.5 Å². The van der Waals surface area contributed by atoms with E-state index in [0.29, 0.717) is 39.9 Å². The number of hydrogen-bond acceptors (Lipinski definition) is 7. The van der Waals surface area contributed by atoms with E-state index in [9.17, 15) is 18.0 Å². The summed E-state index contributed by atoms with van der Waals surface area (Å²) in [4.78, 5) is 27.5. The van der Waals surface area contributed by atoms with Crippen molar-refractivity contribution in [2.45, 2.75) is 32.4 Å². The molecule has 0 unspecified atom stereocenters. The molecule has 1 aliphatic heterocycles. The molecule has 2 aromatic carbocycles. The van der Waals surface area contributed by atoms with Gasteiger partial charge < -0.3 is 15.0 Å². The van der Waals surface area contributed by atoms with Crippen LogP contribution in [0, 0.1) is 0 Å². The number of fused-ring (bicyclic) bond motifs is 1. The highest BCUT2D eigenvalue weighted by atomic mass is 32.1. The van der Waals surface area contributed by atoms with Gasteiger partial charge in [0.1, 0.15) is 11.3 Å². The summed E-state index contributed by atoms with van der Waals surface area (Å²) in [6.45, 7) is 4.27. The molecule has 1 aliphatic rings. The Bertz CT molecular complexity index is 1420. The molecule has 7 nitrogen and oxygen atoms in total. The van der Waals surface area contributed by atoms with Gasteiger partial charge in [0.2, 0.25) is 11.8 Å². The van der Waals surface area contributed by atoms with E-state index in [4.69, 9.17) is 4.74 Å². The smallest absolute Gasteiger partial charge is 0.416 e. The molecule has 0 bridgehead atoms. The van der Waals surface area contributed by atoms with E-state index in [2.05, 4.69) is 25.2 Å². The molecule has 0 aliphatic carbocycles. The van der Waals surface area contributed by atoms with E-state index in [1.807, 2.05) is 12.1 Å². The van der Waals surface area contributed by atoms with Crippen LogP contribution in [-0.4, -0.2) is 45.4 Å². The first-order chi connectivity index (χ1) is 17.7. The third-order valence-corrected chi connectivity index (χ3v) is 6.92. The van der Waals surface area contributed by atoms with Gasteiger partial charge in [0, 0.05) is 31.5 Å². The number of hydrogen-bond donors (Lipinski definition) is 1. The summed E-state index contributed by atoms with van der Waals surface area (Å²) in [5.41, 5.74) is 0.854. The first-order valence-corrected chi connectivity index (χ1v) is 12.7. The molecule has 1 amide bonds. The van der Waals surface area contributed by atoms with E-state index < -0.39 is 11.7 Å². The predicted molar refractivity (Wildman–Crippen MR) is 136 cm³/mol. The predicted octanol–water partition coefficient (Wildman–Crippen LogP) is 6.16. The van der Waals surface area contributed by atoms with Gasteiger partial charge in [0.15, 0.2) is 10.9 Å². The molecule has 37 heavy (non-hydrogen) atoms. The lowest BCUT2D eigenvalue weighted by Gasteiger charge is -2.15. The average molecular weight is 528 g/mol. The highest BCUT2D eigenvalue weighted by Gasteiger charge is 2.30. The summed E-state index contributed by atoms with van der Waals surface area (Å²) in [5.74, 6) is 1.04. The number of aromatic nitrogens is 3. The fourth-order valence-corrected chi connectivity index (χ4v) is 5.13. The van der Waals surface area contributed by atoms with Crippen LogP contribution < -0.4 is 10.1 Å². The number of ether oxygens (including phenoxy) is 1. The monoisotopic (exact) mass is 527 g/mol. The second-order valence-corrected chi connectivity index (χ2v) is 9.82. The second-order valence-electron chi connectivity index (χ2n) is 8.79. The Morgan fingerprint density at radius 3 is 2.54 bits per heavy atom. The molecule has 192 valence electrons. The zero-order valence-corrected chi connectivity index (χ0v) is 20.8. The van der Waals surface area contributed by atoms with Crippen molar-refractivity contribution in [3.63, 3.8) is 0 Å². The quantitative estimate of drug-likeness (QED) is 0.310.